The van der Waals surface area contributed by atoms with E-state index in [2.05, 4.69) is 20.5 Å². The Morgan fingerprint density at radius 2 is 1.82 bits per heavy atom. The SMILES string of the molecule is O=C(Nc1ccc(-c2ccccc2)nc1)c1ccc(=O)[nH]n1. The van der Waals surface area contributed by atoms with Gasteiger partial charge in [-0.1, -0.05) is 30.3 Å². The highest BCUT2D eigenvalue weighted by atomic mass is 16.2. The van der Waals surface area contributed by atoms with Crippen LogP contribution in [0.3, 0.4) is 0 Å². The van der Waals surface area contributed by atoms with E-state index < -0.39 is 5.91 Å². The van der Waals surface area contributed by atoms with Crippen molar-refractivity contribution in [3.63, 3.8) is 0 Å². The van der Waals surface area contributed by atoms with Crippen molar-refractivity contribution in [3.05, 3.63) is 76.8 Å². The van der Waals surface area contributed by atoms with Crippen LogP contribution in [0.25, 0.3) is 11.3 Å². The fourth-order valence-electron chi connectivity index (χ4n) is 1.91. The van der Waals surface area contributed by atoms with Crippen LogP contribution in [0, 0.1) is 0 Å². The number of anilines is 1. The van der Waals surface area contributed by atoms with Crippen molar-refractivity contribution in [1.29, 1.82) is 0 Å². The zero-order valence-corrected chi connectivity index (χ0v) is 11.5. The predicted molar refractivity (Wildman–Crippen MR) is 82.5 cm³/mol. The molecule has 3 rings (SSSR count). The molecule has 3 aromatic rings. The van der Waals surface area contributed by atoms with E-state index in [1.807, 2.05) is 36.4 Å². The first kappa shape index (κ1) is 13.7. The van der Waals surface area contributed by atoms with Crippen molar-refractivity contribution < 1.29 is 4.79 Å². The number of H-pyrrole nitrogens is 1. The average molecular weight is 292 g/mol. The van der Waals surface area contributed by atoms with Gasteiger partial charge in [-0.15, -0.1) is 0 Å². The summed E-state index contributed by atoms with van der Waals surface area (Å²) in [5.41, 5.74) is 2.15. The summed E-state index contributed by atoms with van der Waals surface area (Å²) >= 11 is 0. The van der Waals surface area contributed by atoms with Crippen molar-refractivity contribution >= 4 is 11.6 Å². The first-order valence-corrected chi connectivity index (χ1v) is 6.61. The number of nitrogens with zero attached hydrogens (tertiary/aromatic N) is 2. The molecule has 0 saturated carbocycles. The lowest BCUT2D eigenvalue weighted by Crippen LogP contribution is -2.17. The summed E-state index contributed by atoms with van der Waals surface area (Å²) in [6.07, 6.45) is 1.58. The number of rotatable bonds is 3. The Balaban J connectivity index is 1.75. The van der Waals surface area contributed by atoms with E-state index in [-0.39, 0.29) is 11.3 Å². The van der Waals surface area contributed by atoms with Gasteiger partial charge in [-0.25, -0.2) is 5.10 Å². The molecule has 1 aromatic carbocycles. The van der Waals surface area contributed by atoms with Crippen molar-refractivity contribution in [3.8, 4) is 11.3 Å². The monoisotopic (exact) mass is 292 g/mol. The minimum atomic E-state index is -0.412. The Bertz CT molecular complexity index is 822. The topological polar surface area (TPSA) is 87.7 Å². The van der Waals surface area contributed by atoms with Gasteiger partial charge >= 0.3 is 0 Å². The second kappa shape index (κ2) is 6.01. The van der Waals surface area contributed by atoms with Crippen LogP contribution in [-0.4, -0.2) is 21.1 Å². The van der Waals surface area contributed by atoms with Gasteiger partial charge in [-0.3, -0.25) is 14.6 Å². The molecular weight excluding hydrogens is 280 g/mol. The molecule has 0 bridgehead atoms. The molecule has 0 atom stereocenters. The Hall–Kier alpha value is -3.28. The second-order valence-electron chi connectivity index (χ2n) is 4.56. The standard InChI is InChI=1S/C16H12N4O2/c21-15-9-8-14(19-20-15)16(22)18-12-6-7-13(17-10-12)11-4-2-1-3-5-11/h1-10H,(H,18,22)(H,20,21). The summed E-state index contributed by atoms with van der Waals surface area (Å²) in [5.74, 6) is -0.412. The Morgan fingerprint density at radius 3 is 2.45 bits per heavy atom. The van der Waals surface area contributed by atoms with Gasteiger partial charge in [0.1, 0.15) is 5.69 Å². The van der Waals surface area contributed by atoms with Crippen LogP contribution >= 0.6 is 0 Å². The number of carbonyl (C=O) groups is 1. The second-order valence-corrected chi connectivity index (χ2v) is 4.56. The first-order valence-electron chi connectivity index (χ1n) is 6.61. The maximum Gasteiger partial charge on any atom is 0.276 e. The number of hydrogen-bond donors (Lipinski definition) is 2. The van der Waals surface area contributed by atoms with E-state index in [0.29, 0.717) is 5.69 Å². The summed E-state index contributed by atoms with van der Waals surface area (Å²) in [7, 11) is 0. The quantitative estimate of drug-likeness (QED) is 0.773. The van der Waals surface area contributed by atoms with Gasteiger partial charge in [0, 0.05) is 11.6 Å². The van der Waals surface area contributed by atoms with Crippen molar-refractivity contribution in [1.82, 2.24) is 15.2 Å². The third-order valence-electron chi connectivity index (χ3n) is 3.00. The molecular formula is C16H12N4O2. The molecule has 0 radical (unpaired) electrons. The van der Waals surface area contributed by atoms with Crippen LogP contribution in [0.5, 0.6) is 0 Å². The molecule has 0 fully saturated rings. The van der Waals surface area contributed by atoms with Gasteiger partial charge in [-0.2, -0.15) is 5.10 Å². The number of aromatic amines is 1. The first-order chi connectivity index (χ1) is 10.7. The fraction of sp³-hybridized carbons (Fsp3) is 0. The van der Waals surface area contributed by atoms with E-state index in [1.54, 1.807) is 12.3 Å². The maximum atomic E-state index is 12.0. The summed E-state index contributed by atoms with van der Waals surface area (Å²) in [5, 5.41) is 8.56. The number of pyridine rings is 1. The lowest BCUT2D eigenvalue weighted by Gasteiger charge is -2.05. The highest BCUT2D eigenvalue weighted by Crippen LogP contribution is 2.18. The predicted octanol–water partition coefficient (Wildman–Crippen LogP) is 2.08. The highest BCUT2D eigenvalue weighted by Gasteiger charge is 2.08. The van der Waals surface area contributed by atoms with Gasteiger partial charge in [0.25, 0.3) is 11.5 Å². The number of benzene rings is 1. The number of hydrogen-bond acceptors (Lipinski definition) is 4. The molecule has 6 nitrogen and oxygen atoms in total. The molecule has 0 unspecified atom stereocenters. The molecule has 0 aliphatic heterocycles. The largest absolute Gasteiger partial charge is 0.319 e. The number of carbonyl (C=O) groups excluding carboxylic acids is 1. The van der Waals surface area contributed by atoms with Crippen molar-refractivity contribution in [2.45, 2.75) is 0 Å². The van der Waals surface area contributed by atoms with Crippen molar-refractivity contribution in [2.24, 2.45) is 0 Å². The van der Waals surface area contributed by atoms with Gasteiger partial charge in [0.05, 0.1) is 17.6 Å². The third kappa shape index (κ3) is 3.06. The maximum absolute atomic E-state index is 12.0. The summed E-state index contributed by atoms with van der Waals surface area (Å²) in [6, 6.07) is 15.9. The molecule has 22 heavy (non-hydrogen) atoms. The molecule has 6 heteroatoms. The highest BCUT2D eigenvalue weighted by molar-refractivity contribution is 6.02. The number of amides is 1. The van der Waals surface area contributed by atoms with Crippen LogP contribution in [0.2, 0.25) is 0 Å². The number of aromatic nitrogens is 3. The molecule has 0 aliphatic carbocycles. The summed E-state index contributed by atoms with van der Waals surface area (Å²) < 4.78 is 0. The Labute approximate surface area is 125 Å². The summed E-state index contributed by atoms with van der Waals surface area (Å²) in [4.78, 5) is 27.2. The smallest absolute Gasteiger partial charge is 0.276 e. The zero-order chi connectivity index (χ0) is 15.4. The van der Waals surface area contributed by atoms with Crippen LogP contribution in [-0.2, 0) is 0 Å². The van der Waals surface area contributed by atoms with E-state index in [0.717, 1.165) is 11.3 Å². The lowest BCUT2D eigenvalue weighted by atomic mass is 10.1. The van der Waals surface area contributed by atoms with Crippen molar-refractivity contribution in [2.75, 3.05) is 5.32 Å². The molecule has 0 aliphatic rings. The van der Waals surface area contributed by atoms with Gasteiger partial charge in [-0.05, 0) is 18.2 Å². The molecule has 0 spiro atoms. The minimum Gasteiger partial charge on any atom is -0.319 e. The normalized spacial score (nSPS) is 10.2. The molecule has 2 heterocycles. The van der Waals surface area contributed by atoms with Gasteiger partial charge < -0.3 is 5.32 Å². The van der Waals surface area contributed by atoms with E-state index in [9.17, 15) is 9.59 Å². The van der Waals surface area contributed by atoms with Crippen LogP contribution in [0.4, 0.5) is 5.69 Å². The molecule has 2 N–H and O–H groups in total. The number of nitrogens with one attached hydrogen (secondary N) is 2. The van der Waals surface area contributed by atoms with Crippen LogP contribution in [0.1, 0.15) is 10.5 Å². The van der Waals surface area contributed by atoms with E-state index in [1.165, 1.54) is 12.1 Å². The molecule has 2 aromatic heterocycles. The minimum absolute atomic E-state index is 0.131. The van der Waals surface area contributed by atoms with E-state index >= 15 is 0 Å². The molecule has 0 saturated heterocycles. The van der Waals surface area contributed by atoms with Gasteiger partial charge in [0.2, 0.25) is 0 Å². The van der Waals surface area contributed by atoms with Gasteiger partial charge in [0.15, 0.2) is 0 Å². The van der Waals surface area contributed by atoms with E-state index in [4.69, 9.17) is 0 Å². The summed E-state index contributed by atoms with van der Waals surface area (Å²) in [6.45, 7) is 0. The Kier molecular flexibility index (Phi) is 3.74. The van der Waals surface area contributed by atoms with Crippen LogP contribution < -0.4 is 10.9 Å². The molecule has 108 valence electrons. The third-order valence-corrected chi connectivity index (χ3v) is 3.00. The Morgan fingerprint density at radius 1 is 1.00 bits per heavy atom. The van der Waals surface area contributed by atoms with Crippen LogP contribution in [0.15, 0.2) is 65.6 Å². The lowest BCUT2D eigenvalue weighted by molar-refractivity contribution is 0.102. The average Bonchev–Trinajstić information content (AvgIpc) is 2.57. The molecule has 1 amide bonds. The fourth-order valence-corrected chi connectivity index (χ4v) is 1.91. The zero-order valence-electron chi connectivity index (χ0n) is 11.5.